The lowest BCUT2D eigenvalue weighted by atomic mass is 9.93. The summed E-state index contributed by atoms with van der Waals surface area (Å²) in [5, 5.41) is 9.04. The fourth-order valence-corrected chi connectivity index (χ4v) is 2.72. The summed E-state index contributed by atoms with van der Waals surface area (Å²) in [7, 11) is 0. The minimum atomic E-state index is 0.609. The van der Waals surface area contributed by atoms with Crippen molar-refractivity contribution < 1.29 is 0 Å². The summed E-state index contributed by atoms with van der Waals surface area (Å²) in [6.07, 6.45) is 9.24. The molecular weight excluding hydrogens is 242 g/mol. The van der Waals surface area contributed by atoms with Crippen molar-refractivity contribution in [1.29, 1.82) is 5.26 Å². The molecule has 0 bridgehead atoms. The summed E-state index contributed by atoms with van der Waals surface area (Å²) in [4.78, 5) is 0. The molecule has 20 heavy (non-hydrogen) atoms. The zero-order valence-electron chi connectivity index (χ0n) is 13.3. The summed E-state index contributed by atoms with van der Waals surface area (Å²) in [5.74, 6) is 1.41. The Bertz CT molecular complexity index is 479. The average Bonchev–Trinajstić information content (AvgIpc) is 2.44. The molecule has 1 aromatic carbocycles. The summed E-state index contributed by atoms with van der Waals surface area (Å²) >= 11 is 0. The van der Waals surface area contributed by atoms with E-state index in [1.165, 1.54) is 24.8 Å². The van der Waals surface area contributed by atoms with Crippen LogP contribution >= 0.6 is 0 Å². The number of benzene rings is 1. The number of hydrogen-bond acceptors (Lipinski definition) is 1. The van der Waals surface area contributed by atoms with E-state index in [0.29, 0.717) is 5.92 Å². The van der Waals surface area contributed by atoms with E-state index >= 15 is 0 Å². The normalized spacial score (nSPS) is 14.2. The van der Waals surface area contributed by atoms with Crippen LogP contribution in [-0.4, -0.2) is 0 Å². The van der Waals surface area contributed by atoms with Crippen LogP contribution in [0.2, 0.25) is 0 Å². The van der Waals surface area contributed by atoms with Crippen LogP contribution in [-0.2, 0) is 6.42 Å². The minimum absolute atomic E-state index is 0.609. The van der Waals surface area contributed by atoms with Crippen molar-refractivity contribution in [3.05, 3.63) is 41.0 Å². The van der Waals surface area contributed by atoms with Crippen molar-refractivity contribution in [2.24, 2.45) is 11.8 Å². The zero-order valence-corrected chi connectivity index (χ0v) is 13.3. The molecule has 0 spiro atoms. The second-order valence-electron chi connectivity index (χ2n) is 5.85. The highest BCUT2D eigenvalue weighted by molar-refractivity contribution is 5.54. The monoisotopic (exact) mass is 269 g/mol. The highest BCUT2D eigenvalue weighted by Crippen LogP contribution is 2.19. The Morgan fingerprint density at radius 1 is 1.25 bits per heavy atom. The van der Waals surface area contributed by atoms with Gasteiger partial charge in [-0.25, -0.2) is 0 Å². The molecule has 0 aliphatic rings. The maximum atomic E-state index is 9.04. The van der Waals surface area contributed by atoms with E-state index < -0.39 is 0 Å². The molecule has 1 aromatic rings. The van der Waals surface area contributed by atoms with Crippen molar-refractivity contribution in [3.8, 4) is 6.07 Å². The zero-order chi connectivity index (χ0) is 15.0. The van der Waals surface area contributed by atoms with Crippen LogP contribution in [0.1, 0.15) is 63.6 Å². The topological polar surface area (TPSA) is 23.8 Å². The molecule has 1 rings (SSSR count). The Morgan fingerprint density at radius 3 is 2.60 bits per heavy atom. The molecule has 1 nitrogen and oxygen atoms in total. The molecular formula is C19H27N. The maximum Gasteiger partial charge on any atom is 0.0994 e. The van der Waals surface area contributed by atoms with E-state index in [-0.39, 0.29) is 0 Å². The number of nitriles is 1. The first-order chi connectivity index (χ1) is 9.60. The Morgan fingerprint density at radius 2 is 2.00 bits per heavy atom. The molecule has 1 heteroatoms. The van der Waals surface area contributed by atoms with Gasteiger partial charge in [-0.05, 0) is 41.9 Å². The van der Waals surface area contributed by atoms with Gasteiger partial charge in [0.05, 0.1) is 11.6 Å². The van der Waals surface area contributed by atoms with E-state index in [9.17, 15) is 0 Å². The van der Waals surface area contributed by atoms with Gasteiger partial charge in [-0.1, -0.05) is 64.8 Å². The molecule has 2 unspecified atom stereocenters. The van der Waals surface area contributed by atoms with Gasteiger partial charge < -0.3 is 0 Å². The van der Waals surface area contributed by atoms with Gasteiger partial charge in [-0.15, -0.1) is 0 Å². The van der Waals surface area contributed by atoms with Gasteiger partial charge in [0.25, 0.3) is 0 Å². The third kappa shape index (κ3) is 5.21. The first kappa shape index (κ1) is 16.5. The van der Waals surface area contributed by atoms with Crippen LogP contribution in [0, 0.1) is 23.2 Å². The summed E-state index contributed by atoms with van der Waals surface area (Å²) in [6.45, 7) is 8.97. The van der Waals surface area contributed by atoms with Gasteiger partial charge in [0.15, 0.2) is 0 Å². The largest absolute Gasteiger partial charge is 0.192 e. The second-order valence-corrected chi connectivity index (χ2v) is 5.85. The number of hydrogen-bond donors (Lipinski definition) is 0. The quantitative estimate of drug-likeness (QED) is 0.632. The Labute approximate surface area is 124 Å². The van der Waals surface area contributed by atoms with Gasteiger partial charge in [0.1, 0.15) is 0 Å². The lowest BCUT2D eigenvalue weighted by Crippen LogP contribution is -2.00. The predicted octanol–water partition coefficient (Wildman–Crippen LogP) is 5.60. The lowest BCUT2D eigenvalue weighted by Gasteiger charge is -2.13. The summed E-state index contributed by atoms with van der Waals surface area (Å²) in [5.41, 5.74) is 3.15. The number of allylic oxidation sites excluding steroid dienone is 1. The van der Waals surface area contributed by atoms with Crippen molar-refractivity contribution in [1.82, 2.24) is 0 Å². The van der Waals surface area contributed by atoms with Crippen molar-refractivity contribution in [2.75, 3.05) is 0 Å². The number of nitrogens with zero attached hydrogens (tertiary/aromatic N) is 1. The van der Waals surface area contributed by atoms with Crippen molar-refractivity contribution in [3.63, 3.8) is 0 Å². The fourth-order valence-electron chi connectivity index (χ4n) is 2.72. The highest BCUT2D eigenvalue weighted by atomic mass is 14.2. The van der Waals surface area contributed by atoms with Crippen molar-refractivity contribution in [2.45, 2.75) is 53.4 Å². The summed E-state index contributed by atoms with van der Waals surface area (Å²) in [6, 6.07) is 8.36. The standard InChI is InChI=1S/C19H27N/c1-5-7-15(3)12-16(4)8-9-17-10-11-19(14-20)18(6-2)13-17/h8-11,13,15-16H,5-7,12H2,1-4H3/b9-8+. The molecule has 0 amide bonds. The predicted molar refractivity (Wildman–Crippen MR) is 87.4 cm³/mol. The summed E-state index contributed by atoms with van der Waals surface area (Å²) < 4.78 is 0. The van der Waals surface area contributed by atoms with Crippen LogP contribution in [0.3, 0.4) is 0 Å². The SMILES string of the molecule is CCCC(C)CC(C)/C=C/c1ccc(C#N)c(CC)c1. The van der Waals surface area contributed by atoms with Crippen molar-refractivity contribution >= 4 is 6.08 Å². The Hall–Kier alpha value is -1.55. The molecule has 0 heterocycles. The van der Waals surface area contributed by atoms with Crippen LogP contribution < -0.4 is 0 Å². The average molecular weight is 269 g/mol. The third-order valence-electron chi connectivity index (χ3n) is 3.80. The highest BCUT2D eigenvalue weighted by Gasteiger charge is 2.05. The molecule has 0 fully saturated rings. The Balaban J connectivity index is 2.68. The van der Waals surface area contributed by atoms with E-state index in [1.54, 1.807) is 0 Å². The van der Waals surface area contributed by atoms with Gasteiger partial charge in [0.2, 0.25) is 0 Å². The van der Waals surface area contributed by atoms with Gasteiger partial charge in [0, 0.05) is 0 Å². The molecule has 0 saturated heterocycles. The molecule has 0 aliphatic carbocycles. The second kappa shape index (κ2) is 8.59. The van der Waals surface area contributed by atoms with Gasteiger partial charge in [-0.3, -0.25) is 0 Å². The van der Waals surface area contributed by atoms with Crippen LogP contribution in [0.5, 0.6) is 0 Å². The van der Waals surface area contributed by atoms with E-state index in [2.05, 4.69) is 52.0 Å². The van der Waals surface area contributed by atoms with Crippen LogP contribution in [0.15, 0.2) is 24.3 Å². The van der Waals surface area contributed by atoms with Crippen LogP contribution in [0.25, 0.3) is 6.08 Å². The molecule has 0 aliphatic heterocycles. The first-order valence-corrected chi connectivity index (χ1v) is 7.81. The molecule has 0 radical (unpaired) electrons. The van der Waals surface area contributed by atoms with E-state index in [0.717, 1.165) is 23.5 Å². The third-order valence-corrected chi connectivity index (χ3v) is 3.80. The van der Waals surface area contributed by atoms with E-state index in [1.807, 2.05) is 12.1 Å². The van der Waals surface area contributed by atoms with Gasteiger partial charge >= 0.3 is 0 Å². The smallest absolute Gasteiger partial charge is 0.0994 e. The van der Waals surface area contributed by atoms with Gasteiger partial charge in [-0.2, -0.15) is 5.26 Å². The molecule has 0 saturated carbocycles. The Kier molecular flexibility index (Phi) is 7.09. The fraction of sp³-hybridized carbons (Fsp3) is 0.526. The number of rotatable bonds is 7. The maximum absolute atomic E-state index is 9.04. The minimum Gasteiger partial charge on any atom is -0.192 e. The molecule has 0 N–H and O–H groups in total. The van der Waals surface area contributed by atoms with E-state index in [4.69, 9.17) is 5.26 Å². The molecule has 2 atom stereocenters. The first-order valence-electron chi connectivity index (χ1n) is 7.81. The lowest BCUT2D eigenvalue weighted by molar-refractivity contribution is 0.435. The molecule has 108 valence electrons. The molecule has 0 aromatic heterocycles. The number of aryl methyl sites for hydroxylation is 1. The van der Waals surface area contributed by atoms with Crippen LogP contribution in [0.4, 0.5) is 0 Å².